The summed E-state index contributed by atoms with van der Waals surface area (Å²) in [6.07, 6.45) is -24.0. The van der Waals surface area contributed by atoms with Crippen molar-refractivity contribution in [2.24, 2.45) is 0 Å². The van der Waals surface area contributed by atoms with Crippen LogP contribution in [0.15, 0.2) is 21.3 Å². The first-order valence-corrected chi connectivity index (χ1v) is 8.93. The fraction of sp³-hybridized carbons (Fsp3) is 0.556. The summed E-state index contributed by atoms with van der Waals surface area (Å²) >= 11 is 10.5. The second-order valence-electron chi connectivity index (χ2n) is 4.57. The highest BCUT2D eigenvalue weighted by Gasteiger charge is 2.76. The van der Waals surface area contributed by atoms with Crippen molar-refractivity contribution in [2.75, 3.05) is 0 Å². The summed E-state index contributed by atoms with van der Waals surface area (Å²) in [6, 6.07) is 0. The maximum Gasteiger partial charge on any atom is 0.417 e. The van der Waals surface area contributed by atoms with Crippen LogP contribution in [-0.4, -0.2) is 28.5 Å². The second kappa shape index (κ2) is 5.55. The van der Waals surface area contributed by atoms with E-state index in [4.69, 9.17) is 23.2 Å². The van der Waals surface area contributed by atoms with E-state index in [-0.39, 0.29) is 0 Å². The summed E-state index contributed by atoms with van der Waals surface area (Å²) in [5.74, 6) is 0. The van der Waals surface area contributed by atoms with Gasteiger partial charge < -0.3 is 0 Å². The number of hydrogen-bond donors (Lipinski definition) is 0. The molecule has 0 radical (unpaired) electrons. The first-order chi connectivity index (χ1) is 10.7. The van der Waals surface area contributed by atoms with E-state index < -0.39 is 65.6 Å². The van der Waals surface area contributed by atoms with Gasteiger partial charge in [0.2, 0.25) is 0 Å². The Morgan fingerprint density at radius 3 is 0.760 bits per heavy atom. The van der Waals surface area contributed by atoms with Crippen LogP contribution in [0.25, 0.3) is 0 Å². The molecule has 0 aromatic rings. The molecule has 16 heteroatoms. The monoisotopic (exact) mass is 468 g/mol. The van der Waals surface area contributed by atoms with Crippen LogP contribution in [0.1, 0.15) is 0 Å². The molecule has 0 fully saturated rings. The molecule has 0 amide bonds. The number of hydrogen-bond acceptors (Lipinski definition) is 0. The van der Waals surface area contributed by atoms with E-state index >= 15 is 0 Å². The molecular weight excluding hydrogens is 469 g/mol. The summed E-state index contributed by atoms with van der Waals surface area (Å²) in [5.41, 5.74) is 0. The Morgan fingerprint density at radius 2 is 0.640 bits per heavy atom. The third-order valence-electron chi connectivity index (χ3n) is 2.96. The van der Waals surface area contributed by atoms with Gasteiger partial charge in [-0.15, -0.1) is 0 Å². The lowest BCUT2D eigenvalue weighted by Crippen LogP contribution is -2.26. The predicted molar refractivity (Wildman–Crippen MR) is 66.5 cm³/mol. The highest BCUT2D eigenvalue weighted by atomic mass is 35.5. The van der Waals surface area contributed by atoms with Crippen LogP contribution in [0.2, 0.25) is 0 Å². The molecule has 144 valence electrons. The van der Waals surface area contributed by atoms with Crippen LogP contribution in [0.5, 0.6) is 0 Å². The van der Waals surface area contributed by atoms with Gasteiger partial charge in [0.1, 0.15) is 0 Å². The van der Waals surface area contributed by atoms with Gasteiger partial charge in [-0.3, -0.25) is 0 Å². The fourth-order valence-corrected chi connectivity index (χ4v) is 11.4. The second-order valence-corrected chi connectivity index (χ2v) is 11.8. The molecule has 2 aliphatic rings. The molecule has 2 heterocycles. The van der Waals surface area contributed by atoms with Gasteiger partial charge >= 0.3 is 24.7 Å². The normalized spacial score (nSPS) is 27.6. The van der Waals surface area contributed by atoms with Crippen molar-refractivity contribution in [3.63, 3.8) is 0 Å². The lowest BCUT2D eigenvalue weighted by molar-refractivity contribution is -0.110. The van der Waals surface area contributed by atoms with E-state index in [0.29, 0.717) is 0 Å². The number of fused-ring (bicyclic) bond motifs is 2. The molecule has 0 spiro atoms. The molecule has 0 unspecified atom stereocenters. The van der Waals surface area contributed by atoms with E-state index in [1.54, 1.807) is 0 Å². The zero-order valence-electron chi connectivity index (χ0n) is 10.7. The van der Waals surface area contributed by atoms with Gasteiger partial charge in [0, 0.05) is 15.8 Å². The maximum atomic E-state index is 13.0. The van der Waals surface area contributed by atoms with Crippen molar-refractivity contribution in [3.05, 3.63) is 21.3 Å². The minimum atomic E-state index is -5.99. The van der Waals surface area contributed by atoms with Gasteiger partial charge in [-0.1, -0.05) is 23.2 Å². The van der Waals surface area contributed by atoms with Crippen molar-refractivity contribution >= 4 is 39.0 Å². The predicted octanol–water partition coefficient (Wildman–Crippen LogP) is 7.74. The van der Waals surface area contributed by atoms with Crippen LogP contribution < -0.4 is 0 Å². The average molecular weight is 469 g/mol. The highest BCUT2D eigenvalue weighted by Crippen LogP contribution is 2.98. The lowest BCUT2D eigenvalue weighted by Gasteiger charge is -2.28. The van der Waals surface area contributed by atoms with Gasteiger partial charge in [-0.05, 0) is 0 Å². The minimum absolute atomic E-state index is 2.77. The minimum Gasteiger partial charge on any atom is -0.166 e. The summed E-state index contributed by atoms with van der Waals surface area (Å²) in [7, 11) is -8.79. The van der Waals surface area contributed by atoms with Crippen LogP contribution in [0.3, 0.4) is 0 Å². The molecule has 0 nitrogen and oxygen atoms in total. The number of alkyl halides is 14. The van der Waals surface area contributed by atoms with Crippen LogP contribution in [-0.2, 0) is 0 Å². The zero-order chi connectivity index (χ0) is 20.0. The SMILES string of the molecule is FC(F)(F)C1=C(C(F)(F)F)P2C(C(F)(F)F)=C(C(F)(F)F)P1C2(Cl)Cl. The molecule has 0 N–H and O–H groups in total. The molecule has 0 saturated heterocycles. The van der Waals surface area contributed by atoms with E-state index in [9.17, 15) is 52.7 Å². The zero-order valence-corrected chi connectivity index (χ0v) is 14.0. The number of halogens is 14. The van der Waals surface area contributed by atoms with Gasteiger partial charge in [-0.25, -0.2) is 0 Å². The summed E-state index contributed by atoms with van der Waals surface area (Å²) in [6.45, 7) is 0. The third kappa shape index (κ3) is 3.25. The average Bonchev–Trinajstić information content (AvgIpc) is 2.67. The van der Waals surface area contributed by atoms with Crippen LogP contribution in [0.4, 0.5) is 52.7 Å². The molecule has 0 aromatic heterocycles. The van der Waals surface area contributed by atoms with Gasteiger partial charge in [0.25, 0.3) is 0 Å². The third-order valence-corrected chi connectivity index (χ3v) is 11.3. The summed E-state index contributed by atoms with van der Waals surface area (Å²) < 4.78 is 153. The van der Waals surface area contributed by atoms with Crippen molar-refractivity contribution in [1.82, 2.24) is 0 Å². The Hall–Kier alpha value is 0.0800. The molecule has 2 bridgehead atoms. The Balaban J connectivity index is 2.93. The summed E-state index contributed by atoms with van der Waals surface area (Å²) in [5, 5.41) is -11.1. The Labute approximate surface area is 142 Å². The quantitative estimate of drug-likeness (QED) is 0.194. The van der Waals surface area contributed by atoms with Crippen molar-refractivity contribution in [2.45, 2.75) is 28.5 Å². The molecule has 2 aliphatic heterocycles. The van der Waals surface area contributed by atoms with E-state index in [1.165, 1.54) is 0 Å². The highest BCUT2D eigenvalue weighted by molar-refractivity contribution is 7.96. The topological polar surface area (TPSA) is 0 Å². The van der Waals surface area contributed by atoms with E-state index in [0.717, 1.165) is 0 Å². The molecule has 2 rings (SSSR count). The van der Waals surface area contributed by atoms with Crippen molar-refractivity contribution in [3.8, 4) is 0 Å². The Bertz CT molecular complexity index is 558. The maximum absolute atomic E-state index is 13.0. The molecule has 0 aromatic carbocycles. The summed E-state index contributed by atoms with van der Waals surface area (Å²) in [4.78, 5) is 0. The first kappa shape index (κ1) is 21.4. The molecule has 0 atom stereocenters. The van der Waals surface area contributed by atoms with E-state index in [2.05, 4.69) is 0 Å². The van der Waals surface area contributed by atoms with Gasteiger partial charge in [0.15, 0.2) is 3.82 Å². The smallest absolute Gasteiger partial charge is 0.166 e. The molecular formula is C9Cl2F12P2. The Morgan fingerprint density at radius 1 is 0.480 bits per heavy atom. The Kier molecular flexibility index (Phi) is 4.75. The molecule has 0 aliphatic carbocycles. The number of rotatable bonds is 0. The van der Waals surface area contributed by atoms with E-state index in [1.807, 2.05) is 0 Å². The van der Waals surface area contributed by atoms with Gasteiger partial charge in [-0.2, -0.15) is 52.7 Å². The van der Waals surface area contributed by atoms with Crippen LogP contribution >= 0.6 is 39.0 Å². The van der Waals surface area contributed by atoms with Crippen molar-refractivity contribution in [1.29, 1.82) is 0 Å². The number of allylic oxidation sites excluding steroid dienone is 4. The van der Waals surface area contributed by atoms with Crippen molar-refractivity contribution < 1.29 is 52.7 Å². The fourth-order valence-electron chi connectivity index (χ4n) is 2.33. The standard InChI is InChI=1S/C9Cl2F12P2/c10-9(11)24-1(5(12,13)14)2(6(15,16)17)25(9)4(8(21,22)23)3(24)7(18,19)20. The van der Waals surface area contributed by atoms with Crippen LogP contribution in [0, 0.1) is 0 Å². The first-order valence-electron chi connectivity index (χ1n) is 5.49. The molecule has 25 heavy (non-hydrogen) atoms. The lowest BCUT2D eigenvalue weighted by atomic mass is 10.4. The van der Waals surface area contributed by atoms with Gasteiger partial charge in [0.05, 0.1) is 21.3 Å². The molecule has 0 saturated carbocycles. The largest absolute Gasteiger partial charge is 0.417 e.